The molecule has 3 rings (SSSR count). The van der Waals surface area contributed by atoms with Gasteiger partial charge in [-0.25, -0.2) is 0 Å². The number of anilines is 1. The third-order valence-electron chi connectivity index (χ3n) is 5.02. The van der Waals surface area contributed by atoms with Gasteiger partial charge in [-0.15, -0.1) is 0 Å². The van der Waals surface area contributed by atoms with E-state index in [0.29, 0.717) is 30.8 Å². The average molecular weight is 361 g/mol. The summed E-state index contributed by atoms with van der Waals surface area (Å²) in [6, 6.07) is 17.2. The molecule has 1 N–H and O–H groups in total. The lowest BCUT2D eigenvalue weighted by Crippen LogP contribution is -2.40. The molecule has 0 unspecified atom stereocenters. The van der Waals surface area contributed by atoms with Crippen molar-refractivity contribution in [2.75, 3.05) is 18.0 Å². The van der Waals surface area contributed by atoms with Crippen LogP contribution in [0.3, 0.4) is 0 Å². The zero-order valence-electron chi connectivity index (χ0n) is 15.4. The number of nitriles is 1. The summed E-state index contributed by atoms with van der Waals surface area (Å²) >= 11 is 0. The van der Waals surface area contributed by atoms with E-state index in [-0.39, 0.29) is 17.6 Å². The first-order valence-corrected chi connectivity index (χ1v) is 9.20. The third kappa shape index (κ3) is 4.53. The van der Waals surface area contributed by atoms with Crippen LogP contribution in [0.4, 0.5) is 5.69 Å². The fourth-order valence-electron chi connectivity index (χ4n) is 3.47. The number of piperidine rings is 1. The highest BCUT2D eigenvalue weighted by Crippen LogP contribution is 2.28. The molecule has 1 aliphatic rings. The smallest absolute Gasteiger partial charge is 0.223 e. The number of rotatable bonds is 5. The quantitative estimate of drug-likeness (QED) is 0.830. The summed E-state index contributed by atoms with van der Waals surface area (Å²) in [5, 5.41) is 12.2. The Kier molecular flexibility index (Phi) is 5.87. The molecule has 5 nitrogen and oxygen atoms in total. The summed E-state index contributed by atoms with van der Waals surface area (Å²) in [6.07, 6.45) is 1.46. The van der Waals surface area contributed by atoms with Crippen LogP contribution in [0.15, 0.2) is 48.5 Å². The van der Waals surface area contributed by atoms with E-state index in [1.807, 2.05) is 30.3 Å². The number of hydrogen-bond donors (Lipinski definition) is 1. The first kappa shape index (κ1) is 18.7. The average Bonchev–Trinajstić information content (AvgIpc) is 2.72. The number of nitrogens with one attached hydrogen (secondary N) is 1. The molecule has 0 aromatic heterocycles. The molecule has 0 atom stereocenters. The van der Waals surface area contributed by atoms with Crippen molar-refractivity contribution in [2.24, 2.45) is 5.92 Å². The summed E-state index contributed by atoms with van der Waals surface area (Å²) in [7, 11) is 0. The minimum Gasteiger partial charge on any atom is -0.371 e. The zero-order chi connectivity index (χ0) is 19.2. The zero-order valence-corrected chi connectivity index (χ0v) is 15.4. The number of hydrogen-bond acceptors (Lipinski definition) is 4. The molecule has 27 heavy (non-hydrogen) atoms. The topological polar surface area (TPSA) is 73.2 Å². The fourth-order valence-corrected chi connectivity index (χ4v) is 3.47. The van der Waals surface area contributed by atoms with E-state index in [1.165, 1.54) is 6.92 Å². The van der Waals surface area contributed by atoms with Crippen molar-refractivity contribution < 1.29 is 9.59 Å². The maximum absolute atomic E-state index is 12.5. The van der Waals surface area contributed by atoms with E-state index in [9.17, 15) is 9.59 Å². The molecule has 138 valence electrons. The standard InChI is InChI=1S/C22H23N3O2/c1-16(26)20-8-7-18(14-23)13-21(20)25-11-9-19(10-12-25)22(27)24-15-17-5-3-2-4-6-17/h2-8,13,19H,9-12,15H2,1H3,(H,24,27). The molecular formula is C22H23N3O2. The van der Waals surface area contributed by atoms with Gasteiger partial charge in [0.15, 0.2) is 5.78 Å². The van der Waals surface area contributed by atoms with Crippen molar-refractivity contribution in [2.45, 2.75) is 26.3 Å². The van der Waals surface area contributed by atoms with Crippen molar-refractivity contribution in [1.82, 2.24) is 5.32 Å². The second-order valence-electron chi connectivity index (χ2n) is 6.86. The second kappa shape index (κ2) is 8.50. The molecule has 2 aromatic rings. The van der Waals surface area contributed by atoms with Crippen molar-refractivity contribution in [3.63, 3.8) is 0 Å². The Bertz CT molecular complexity index is 863. The molecule has 1 amide bonds. The van der Waals surface area contributed by atoms with Gasteiger partial charge in [-0.3, -0.25) is 9.59 Å². The highest BCUT2D eigenvalue weighted by molar-refractivity contribution is 6.00. The van der Waals surface area contributed by atoms with Gasteiger partial charge in [0.2, 0.25) is 5.91 Å². The number of carbonyl (C=O) groups is 2. The predicted molar refractivity (Wildman–Crippen MR) is 104 cm³/mol. The van der Waals surface area contributed by atoms with Gasteiger partial charge in [-0.1, -0.05) is 30.3 Å². The lowest BCUT2D eigenvalue weighted by molar-refractivity contribution is -0.125. The van der Waals surface area contributed by atoms with E-state index in [4.69, 9.17) is 5.26 Å². The van der Waals surface area contributed by atoms with Crippen LogP contribution in [-0.4, -0.2) is 24.8 Å². The minimum atomic E-state index is -0.0233. The molecule has 2 aromatic carbocycles. The first-order chi connectivity index (χ1) is 13.1. The van der Waals surface area contributed by atoms with Crippen LogP contribution in [0, 0.1) is 17.2 Å². The molecule has 5 heteroatoms. The second-order valence-corrected chi connectivity index (χ2v) is 6.86. The Balaban J connectivity index is 1.61. The van der Waals surface area contributed by atoms with Crippen LogP contribution < -0.4 is 10.2 Å². The van der Waals surface area contributed by atoms with Gasteiger partial charge >= 0.3 is 0 Å². The molecule has 1 aliphatic heterocycles. The molecule has 1 saturated heterocycles. The Morgan fingerprint density at radius 3 is 2.48 bits per heavy atom. The number of ketones is 1. The van der Waals surface area contributed by atoms with Crippen LogP contribution in [-0.2, 0) is 11.3 Å². The van der Waals surface area contributed by atoms with E-state index < -0.39 is 0 Å². The van der Waals surface area contributed by atoms with Gasteiger partial charge in [0.05, 0.1) is 11.6 Å². The van der Waals surface area contributed by atoms with E-state index in [0.717, 1.165) is 24.1 Å². The molecule has 0 radical (unpaired) electrons. The molecule has 0 spiro atoms. The number of carbonyl (C=O) groups excluding carboxylic acids is 2. The lowest BCUT2D eigenvalue weighted by Gasteiger charge is -2.34. The van der Waals surface area contributed by atoms with Crippen molar-refractivity contribution in [1.29, 1.82) is 5.26 Å². The van der Waals surface area contributed by atoms with Crippen molar-refractivity contribution in [3.8, 4) is 6.07 Å². The van der Waals surface area contributed by atoms with Crippen molar-refractivity contribution in [3.05, 3.63) is 65.2 Å². The number of benzene rings is 2. The Labute approximate surface area is 159 Å². The van der Waals surface area contributed by atoms with E-state index in [1.54, 1.807) is 18.2 Å². The molecule has 0 saturated carbocycles. The van der Waals surface area contributed by atoms with Crippen LogP contribution >= 0.6 is 0 Å². The molecule has 1 heterocycles. The van der Waals surface area contributed by atoms with Crippen molar-refractivity contribution >= 4 is 17.4 Å². The van der Waals surface area contributed by atoms with Crippen LogP contribution in [0.2, 0.25) is 0 Å². The summed E-state index contributed by atoms with van der Waals surface area (Å²) < 4.78 is 0. The van der Waals surface area contributed by atoms with E-state index in [2.05, 4.69) is 16.3 Å². The summed E-state index contributed by atoms with van der Waals surface area (Å²) in [4.78, 5) is 26.5. The van der Waals surface area contributed by atoms with Gasteiger partial charge < -0.3 is 10.2 Å². The molecule has 1 fully saturated rings. The van der Waals surface area contributed by atoms with Crippen LogP contribution in [0.5, 0.6) is 0 Å². The summed E-state index contributed by atoms with van der Waals surface area (Å²) in [5.74, 6) is 0.0400. The predicted octanol–water partition coefficient (Wildman–Crippen LogP) is 3.29. The normalized spacial score (nSPS) is 14.4. The van der Waals surface area contributed by atoms with Gasteiger partial charge in [-0.05, 0) is 43.5 Å². The largest absolute Gasteiger partial charge is 0.371 e. The highest BCUT2D eigenvalue weighted by Gasteiger charge is 2.26. The number of amides is 1. The monoisotopic (exact) mass is 361 g/mol. The van der Waals surface area contributed by atoms with E-state index >= 15 is 0 Å². The Morgan fingerprint density at radius 2 is 1.85 bits per heavy atom. The maximum Gasteiger partial charge on any atom is 0.223 e. The van der Waals surface area contributed by atoms with Crippen LogP contribution in [0.1, 0.15) is 41.3 Å². The molecular weight excluding hydrogens is 338 g/mol. The SMILES string of the molecule is CC(=O)c1ccc(C#N)cc1N1CCC(C(=O)NCc2ccccc2)CC1. The molecule has 0 bridgehead atoms. The van der Waals surface area contributed by atoms with Crippen LogP contribution in [0.25, 0.3) is 0 Å². The Hall–Kier alpha value is -3.13. The lowest BCUT2D eigenvalue weighted by atomic mass is 9.94. The molecule has 0 aliphatic carbocycles. The Morgan fingerprint density at radius 1 is 1.15 bits per heavy atom. The third-order valence-corrected chi connectivity index (χ3v) is 5.02. The van der Waals surface area contributed by atoms with Gasteiger partial charge in [0, 0.05) is 36.8 Å². The fraction of sp³-hybridized carbons (Fsp3) is 0.318. The maximum atomic E-state index is 12.5. The van der Waals surface area contributed by atoms with Gasteiger partial charge in [0.25, 0.3) is 0 Å². The number of nitrogens with zero attached hydrogens (tertiary/aromatic N) is 2. The minimum absolute atomic E-state index is 0.0165. The highest BCUT2D eigenvalue weighted by atomic mass is 16.2. The van der Waals surface area contributed by atoms with Gasteiger partial charge in [-0.2, -0.15) is 5.26 Å². The summed E-state index contributed by atoms with van der Waals surface area (Å²) in [5.41, 5.74) is 3.05. The summed E-state index contributed by atoms with van der Waals surface area (Å²) in [6.45, 7) is 3.46. The first-order valence-electron chi connectivity index (χ1n) is 9.20. The van der Waals surface area contributed by atoms with Gasteiger partial charge in [0.1, 0.15) is 0 Å². The number of Topliss-reactive ketones (excluding diaryl/α,β-unsaturated/α-hetero) is 1.